The van der Waals surface area contributed by atoms with E-state index < -0.39 is 10.0 Å². The number of ether oxygens (including phenoxy) is 1. The van der Waals surface area contributed by atoms with Crippen molar-refractivity contribution in [1.29, 1.82) is 0 Å². The van der Waals surface area contributed by atoms with Gasteiger partial charge in [0.15, 0.2) is 5.11 Å². The first-order valence-electron chi connectivity index (χ1n) is 11.2. The number of amides is 1. The molecule has 0 saturated heterocycles. The van der Waals surface area contributed by atoms with E-state index in [4.69, 9.17) is 17.0 Å². The minimum absolute atomic E-state index is 0.0955. The third-order valence-corrected chi connectivity index (χ3v) is 7.18. The second-order valence-corrected chi connectivity index (χ2v) is 10.7. The Kier molecular flexibility index (Phi) is 8.84. The summed E-state index contributed by atoms with van der Waals surface area (Å²) in [6.07, 6.45) is 0.924. The van der Waals surface area contributed by atoms with Crippen molar-refractivity contribution in [2.24, 2.45) is 5.92 Å². The van der Waals surface area contributed by atoms with E-state index in [1.54, 1.807) is 60.7 Å². The van der Waals surface area contributed by atoms with Gasteiger partial charge in [-0.05, 0) is 79.2 Å². The maximum absolute atomic E-state index is 12.9. The average molecular weight is 512 g/mol. The number of hydrogen-bond donors (Lipinski definition) is 2. The molecule has 3 aromatic carbocycles. The number of sulfonamides is 1. The highest BCUT2D eigenvalue weighted by Crippen LogP contribution is 2.23. The summed E-state index contributed by atoms with van der Waals surface area (Å²) in [4.78, 5) is 12.7. The highest BCUT2D eigenvalue weighted by Gasteiger charge is 2.21. The molecule has 0 heterocycles. The molecule has 0 fully saturated rings. The normalized spacial score (nSPS) is 11.1. The van der Waals surface area contributed by atoms with Crippen LogP contribution in [0.15, 0.2) is 83.8 Å². The summed E-state index contributed by atoms with van der Waals surface area (Å²) in [5.41, 5.74) is 1.52. The van der Waals surface area contributed by atoms with Gasteiger partial charge in [0.25, 0.3) is 15.9 Å². The van der Waals surface area contributed by atoms with Crippen molar-refractivity contribution in [3.63, 3.8) is 0 Å². The van der Waals surface area contributed by atoms with Crippen molar-refractivity contribution < 1.29 is 17.9 Å². The molecule has 0 spiro atoms. The predicted octanol–water partition coefficient (Wildman–Crippen LogP) is 5.06. The van der Waals surface area contributed by atoms with E-state index >= 15 is 0 Å². The van der Waals surface area contributed by atoms with Gasteiger partial charge >= 0.3 is 0 Å². The third-order valence-electron chi connectivity index (χ3n) is 5.18. The van der Waals surface area contributed by atoms with Gasteiger partial charge in [0, 0.05) is 18.3 Å². The standard InChI is InChI=1S/C26H29N3O4S2/c1-19(2)16-17-33-23-11-7-8-20(18-23)25(30)28-26(34)27-21-12-14-24(15-13-21)35(31,32)29(3)22-9-5-4-6-10-22/h4-15,18-19H,16-17H2,1-3H3,(H2,27,28,30,34). The van der Waals surface area contributed by atoms with Crippen LogP contribution in [-0.2, 0) is 10.0 Å². The van der Waals surface area contributed by atoms with Crippen LogP contribution < -0.4 is 19.7 Å². The molecular formula is C26H29N3O4S2. The molecule has 0 aliphatic heterocycles. The first-order chi connectivity index (χ1) is 16.7. The predicted molar refractivity (Wildman–Crippen MR) is 144 cm³/mol. The van der Waals surface area contributed by atoms with E-state index in [-0.39, 0.29) is 15.9 Å². The van der Waals surface area contributed by atoms with Gasteiger partial charge in [0.05, 0.1) is 17.2 Å². The maximum Gasteiger partial charge on any atom is 0.264 e. The Morgan fingerprint density at radius 1 is 1.00 bits per heavy atom. The Morgan fingerprint density at radius 3 is 2.34 bits per heavy atom. The number of rotatable bonds is 9. The topological polar surface area (TPSA) is 87.7 Å². The molecule has 2 N–H and O–H groups in total. The van der Waals surface area contributed by atoms with Crippen LogP contribution in [0, 0.1) is 5.92 Å². The first kappa shape index (κ1) is 26.2. The molecule has 3 rings (SSSR count). The fourth-order valence-electron chi connectivity index (χ4n) is 3.12. The van der Waals surface area contributed by atoms with E-state index in [1.165, 1.54) is 23.5 Å². The molecule has 0 bridgehead atoms. The Labute approximate surface area is 212 Å². The summed E-state index contributed by atoms with van der Waals surface area (Å²) in [5, 5.41) is 5.63. The van der Waals surface area contributed by atoms with Gasteiger partial charge in [-0.25, -0.2) is 8.42 Å². The van der Waals surface area contributed by atoms with Crippen molar-refractivity contribution in [3.05, 3.63) is 84.4 Å². The second kappa shape index (κ2) is 11.8. The SMILES string of the molecule is CC(C)CCOc1cccc(C(=O)NC(=S)Nc2ccc(S(=O)(=O)N(C)c3ccccc3)cc2)c1. The van der Waals surface area contributed by atoms with E-state index in [1.807, 2.05) is 6.07 Å². The number of benzene rings is 3. The van der Waals surface area contributed by atoms with Gasteiger partial charge in [-0.15, -0.1) is 0 Å². The molecule has 0 atom stereocenters. The zero-order chi connectivity index (χ0) is 25.4. The van der Waals surface area contributed by atoms with Crippen LogP contribution in [0.3, 0.4) is 0 Å². The van der Waals surface area contributed by atoms with Crippen LogP contribution in [-0.4, -0.2) is 33.1 Å². The summed E-state index contributed by atoms with van der Waals surface area (Å²) < 4.78 is 32.7. The van der Waals surface area contributed by atoms with E-state index in [2.05, 4.69) is 24.5 Å². The Morgan fingerprint density at radius 2 is 1.69 bits per heavy atom. The fourth-order valence-corrected chi connectivity index (χ4v) is 4.53. The summed E-state index contributed by atoms with van der Waals surface area (Å²) >= 11 is 5.25. The molecule has 35 heavy (non-hydrogen) atoms. The molecule has 0 radical (unpaired) electrons. The lowest BCUT2D eigenvalue weighted by molar-refractivity contribution is 0.0977. The van der Waals surface area contributed by atoms with Crippen LogP contribution >= 0.6 is 12.2 Å². The highest BCUT2D eigenvalue weighted by atomic mass is 32.2. The molecule has 7 nitrogen and oxygen atoms in total. The zero-order valence-electron chi connectivity index (χ0n) is 19.9. The molecule has 3 aromatic rings. The third kappa shape index (κ3) is 7.27. The van der Waals surface area contributed by atoms with Crippen LogP contribution in [0.1, 0.15) is 30.6 Å². The number of carbonyl (C=O) groups excluding carboxylic acids is 1. The van der Waals surface area contributed by atoms with E-state index in [0.717, 1.165) is 6.42 Å². The van der Waals surface area contributed by atoms with Gasteiger partial charge in [0.1, 0.15) is 5.75 Å². The van der Waals surface area contributed by atoms with Gasteiger partial charge in [-0.2, -0.15) is 0 Å². The van der Waals surface area contributed by atoms with Gasteiger partial charge in [-0.3, -0.25) is 14.4 Å². The number of thiocarbonyl (C=S) groups is 1. The number of anilines is 2. The summed E-state index contributed by atoms with van der Waals surface area (Å²) in [6, 6.07) is 21.9. The summed E-state index contributed by atoms with van der Waals surface area (Å²) in [5.74, 6) is 0.777. The summed E-state index contributed by atoms with van der Waals surface area (Å²) in [7, 11) is -2.21. The molecule has 0 aromatic heterocycles. The number of para-hydroxylation sites is 1. The van der Waals surface area contributed by atoms with Crippen molar-refractivity contribution in [3.8, 4) is 5.75 Å². The van der Waals surface area contributed by atoms with Crippen LogP contribution in [0.2, 0.25) is 0 Å². The first-order valence-corrected chi connectivity index (χ1v) is 13.0. The highest BCUT2D eigenvalue weighted by molar-refractivity contribution is 7.92. The van der Waals surface area contributed by atoms with Crippen LogP contribution in [0.5, 0.6) is 5.75 Å². The van der Waals surface area contributed by atoms with Crippen LogP contribution in [0.25, 0.3) is 0 Å². The molecule has 184 valence electrons. The maximum atomic E-state index is 12.9. The lowest BCUT2D eigenvalue weighted by Gasteiger charge is -2.19. The number of nitrogens with zero attached hydrogens (tertiary/aromatic N) is 1. The van der Waals surface area contributed by atoms with Gasteiger partial charge in [-0.1, -0.05) is 38.1 Å². The van der Waals surface area contributed by atoms with Crippen molar-refractivity contribution in [2.75, 3.05) is 23.3 Å². The Hall–Kier alpha value is -3.43. The van der Waals surface area contributed by atoms with Gasteiger partial charge < -0.3 is 10.1 Å². The minimum Gasteiger partial charge on any atom is -0.494 e. The van der Waals surface area contributed by atoms with E-state index in [9.17, 15) is 13.2 Å². The number of nitrogens with one attached hydrogen (secondary N) is 2. The van der Waals surface area contributed by atoms with Crippen molar-refractivity contribution >= 4 is 44.6 Å². The quantitative estimate of drug-likeness (QED) is 0.390. The Balaban J connectivity index is 1.59. The number of carbonyl (C=O) groups is 1. The van der Waals surface area contributed by atoms with Crippen molar-refractivity contribution in [2.45, 2.75) is 25.2 Å². The minimum atomic E-state index is -3.72. The largest absolute Gasteiger partial charge is 0.494 e. The van der Waals surface area contributed by atoms with E-state index in [0.29, 0.717) is 35.2 Å². The molecule has 0 unspecified atom stereocenters. The molecular weight excluding hydrogens is 482 g/mol. The van der Waals surface area contributed by atoms with Crippen LogP contribution in [0.4, 0.5) is 11.4 Å². The Bertz CT molecular complexity index is 1260. The van der Waals surface area contributed by atoms with Crippen molar-refractivity contribution in [1.82, 2.24) is 5.32 Å². The molecule has 1 amide bonds. The summed E-state index contributed by atoms with van der Waals surface area (Å²) in [6.45, 7) is 4.82. The lowest BCUT2D eigenvalue weighted by Crippen LogP contribution is -2.34. The molecule has 9 heteroatoms. The fraction of sp³-hybridized carbons (Fsp3) is 0.231. The number of hydrogen-bond acceptors (Lipinski definition) is 5. The lowest BCUT2D eigenvalue weighted by atomic mass is 10.1. The second-order valence-electron chi connectivity index (χ2n) is 8.30. The zero-order valence-corrected chi connectivity index (χ0v) is 21.5. The molecule has 0 aliphatic carbocycles. The monoisotopic (exact) mass is 511 g/mol. The van der Waals surface area contributed by atoms with Gasteiger partial charge in [0.2, 0.25) is 0 Å². The molecule has 0 saturated carbocycles. The average Bonchev–Trinajstić information content (AvgIpc) is 2.84. The molecule has 0 aliphatic rings. The smallest absolute Gasteiger partial charge is 0.264 e.